The lowest BCUT2D eigenvalue weighted by atomic mass is 9.75. The normalized spacial score (nSPS) is 36.9. The van der Waals surface area contributed by atoms with E-state index in [4.69, 9.17) is 34.2 Å². The van der Waals surface area contributed by atoms with Gasteiger partial charge < -0.3 is 49.4 Å². The van der Waals surface area contributed by atoms with Crippen LogP contribution in [-0.4, -0.2) is 138 Å². The highest BCUT2D eigenvalue weighted by Crippen LogP contribution is 2.59. The molecule has 4 heterocycles. The fourth-order valence-corrected chi connectivity index (χ4v) is 10.7. The van der Waals surface area contributed by atoms with Crippen molar-refractivity contribution in [3.63, 3.8) is 0 Å². The van der Waals surface area contributed by atoms with Gasteiger partial charge >= 0.3 is 18.0 Å². The average Bonchev–Trinajstić information content (AvgIpc) is 3.57. The monoisotopic (exact) mass is 934 g/mol. The smallest absolute Gasteiger partial charge is 0.410 e. The Morgan fingerprint density at radius 2 is 1.67 bits per heavy atom. The molecule has 14 atom stereocenters. The number of hydrogen-bond donors (Lipinski definition) is 3. The number of anilines is 1. The first-order valence-corrected chi connectivity index (χ1v) is 23.3. The molecule has 0 radical (unpaired) electrons. The predicted molar refractivity (Wildman–Crippen MR) is 244 cm³/mol. The van der Waals surface area contributed by atoms with Gasteiger partial charge in [-0.25, -0.2) is 18.8 Å². The van der Waals surface area contributed by atoms with Crippen molar-refractivity contribution in [2.75, 3.05) is 40.0 Å². The quantitative estimate of drug-likeness (QED) is 0.0839. The third-order valence-electron chi connectivity index (χ3n) is 14.6. The lowest BCUT2D eigenvalue weighted by molar-refractivity contribution is -0.294. The van der Waals surface area contributed by atoms with Gasteiger partial charge in [-0.05, 0) is 84.8 Å². The topological polar surface area (TPSA) is 201 Å². The van der Waals surface area contributed by atoms with Crippen LogP contribution in [0.2, 0.25) is 0 Å². The zero-order valence-corrected chi connectivity index (χ0v) is 40.2. The number of hydrazine groups is 2. The second kappa shape index (κ2) is 19.5. The highest BCUT2D eigenvalue weighted by Gasteiger charge is 2.79. The molecule has 67 heavy (non-hydrogen) atoms. The largest absolute Gasteiger partial charge is 0.455 e. The SMILES string of the molecule is CO[C@@]1(C)C[C@@H](C)C(=O)[C@H](C)C2N(CCCCN3C=C(c4cccc(N)c4)NN3)C(=O)O[C@@]23C(C)[C@H]3OC(=O)[C@@](C)(F)C(=O)[C@H](C)[C@H]1OC1O[C@H](C)C[C@H](N(C)C)[C@H]1OC(=O)c1ccccc1. The first-order valence-electron chi connectivity index (χ1n) is 23.3. The Labute approximate surface area is 392 Å². The third kappa shape index (κ3) is 9.64. The Hall–Kier alpha value is -5.14. The van der Waals surface area contributed by atoms with E-state index in [-0.39, 0.29) is 18.7 Å². The van der Waals surface area contributed by atoms with Crippen LogP contribution in [0, 0.1) is 23.7 Å². The van der Waals surface area contributed by atoms with Gasteiger partial charge in [0.25, 0.3) is 5.67 Å². The van der Waals surface area contributed by atoms with Crippen molar-refractivity contribution in [2.45, 2.75) is 134 Å². The molecule has 2 aromatic rings. The second-order valence-corrected chi connectivity index (χ2v) is 19.6. The summed E-state index contributed by atoms with van der Waals surface area (Å²) in [5.41, 5.74) is 8.75. The lowest BCUT2D eigenvalue weighted by Crippen LogP contribution is -2.61. The minimum Gasteiger partial charge on any atom is -0.455 e. The summed E-state index contributed by atoms with van der Waals surface area (Å²) in [6, 6.07) is 14.6. The molecule has 1 aliphatic carbocycles. The lowest BCUT2D eigenvalue weighted by Gasteiger charge is -2.47. The van der Waals surface area contributed by atoms with Crippen molar-refractivity contribution in [3.8, 4) is 0 Å². The summed E-state index contributed by atoms with van der Waals surface area (Å²) in [5, 5.41) is 1.88. The number of nitrogens with two attached hydrogens (primary N) is 1. The molecule has 3 unspecified atom stereocenters. The molecule has 0 aromatic heterocycles. The number of methoxy groups -OCH3 is 1. The number of alkyl halides is 1. The van der Waals surface area contributed by atoms with E-state index < -0.39 is 107 Å². The Bertz CT molecular complexity index is 2210. The maximum absolute atomic E-state index is 17.1. The predicted octanol–water partition coefficient (Wildman–Crippen LogP) is 5.05. The van der Waals surface area contributed by atoms with Crippen LogP contribution in [0.15, 0.2) is 60.8 Å². The number of nitrogen functional groups attached to an aromatic ring is 1. The Morgan fingerprint density at radius 3 is 2.34 bits per heavy atom. The van der Waals surface area contributed by atoms with E-state index in [1.54, 1.807) is 58.0 Å². The number of unbranched alkanes of at least 4 members (excludes halogenated alkanes) is 1. The maximum atomic E-state index is 17.1. The molecule has 3 saturated heterocycles. The summed E-state index contributed by atoms with van der Waals surface area (Å²) in [6.45, 7) is 11.7. The molecule has 4 fully saturated rings. The first-order chi connectivity index (χ1) is 31.6. The average molecular weight is 935 g/mol. The van der Waals surface area contributed by atoms with Crippen molar-refractivity contribution in [2.24, 2.45) is 23.7 Å². The van der Waals surface area contributed by atoms with E-state index in [0.717, 1.165) is 18.2 Å². The molecule has 1 amide bonds. The van der Waals surface area contributed by atoms with Gasteiger partial charge in [0, 0.05) is 61.3 Å². The van der Waals surface area contributed by atoms with Crippen LogP contribution in [-0.2, 0) is 42.8 Å². The number of likely N-dealkylation sites (N-methyl/N-ethyl adjacent to an activating group) is 1. The Morgan fingerprint density at radius 1 is 0.970 bits per heavy atom. The first kappa shape index (κ1) is 49.8. The molecular weight excluding hydrogens is 868 g/mol. The third-order valence-corrected chi connectivity index (χ3v) is 14.6. The summed E-state index contributed by atoms with van der Waals surface area (Å²) in [5.74, 6) is -7.17. The van der Waals surface area contributed by atoms with E-state index in [1.807, 2.05) is 61.4 Å². The molecule has 7 rings (SSSR count). The second-order valence-electron chi connectivity index (χ2n) is 19.6. The number of benzene rings is 2. The van der Waals surface area contributed by atoms with E-state index in [1.165, 1.54) is 18.9 Å². The maximum Gasteiger partial charge on any atom is 0.410 e. The molecule has 18 heteroatoms. The zero-order chi connectivity index (χ0) is 48.7. The van der Waals surface area contributed by atoms with Gasteiger partial charge in [-0.15, -0.1) is 5.53 Å². The summed E-state index contributed by atoms with van der Waals surface area (Å²) >= 11 is 0. The number of ether oxygens (including phenoxy) is 6. The molecule has 0 bridgehead atoms. The van der Waals surface area contributed by atoms with Crippen molar-refractivity contribution < 1.29 is 56.8 Å². The van der Waals surface area contributed by atoms with Crippen molar-refractivity contribution in [1.29, 1.82) is 0 Å². The molecule has 1 spiro atoms. The number of amides is 1. The van der Waals surface area contributed by atoms with Crippen molar-refractivity contribution >= 4 is 41.0 Å². The fraction of sp³-hybridized carbons (Fsp3) is 0.612. The van der Waals surface area contributed by atoms with Gasteiger partial charge in [-0.1, -0.05) is 58.0 Å². The number of esters is 2. The molecule has 1 saturated carbocycles. The number of Topliss-reactive ketones (excluding diaryl/α,β-unsaturated/α-hetero) is 2. The number of rotatable bonds is 12. The number of halogens is 1. The zero-order valence-electron chi connectivity index (χ0n) is 40.2. The molecule has 17 nitrogen and oxygen atoms in total. The molecule has 2 aromatic carbocycles. The standard InChI is InChI=1S/C49H67FN6O11/c1-27-25-47(6,62-10)41(65-44-38(36(54(8)9)23-28(2)63-44)64-43(59)32-17-12-11-13-18-32)30(4)40(58)48(7,50)45(60)66-42-31(5)49(42)39(29(3)37(27)57)56(46(61)67-49)22-15-14-21-55-26-35(52-53-55)33-19-16-20-34(51)24-33/h11-13,16-20,24,26-31,36,38-39,41-42,44,52-53H,14-15,21-23,25,51H2,1-10H3/t27-,28-,29+,30+,31?,36+,38-,39?,41-,42-,44?,47+,48+,49+/m1/s1. The minimum atomic E-state index is -3.21. The van der Waals surface area contributed by atoms with Gasteiger partial charge in [-0.2, -0.15) is 0 Å². The van der Waals surface area contributed by atoms with Crippen LogP contribution in [0.4, 0.5) is 14.9 Å². The minimum absolute atomic E-state index is 0.0360. The van der Waals surface area contributed by atoms with Crippen LogP contribution in [0.3, 0.4) is 0 Å². The van der Waals surface area contributed by atoms with E-state index in [9.17, 15) is 24.0 Å². The number of carbonyl (C=O) groups is 5. The molecule has 366 valence electrons. The number of carbonyl (C=O) groups excluding carboxylic acids is 5. The van der Waals surface area contributed by atoms with E-state index in [2.05, 4.69) is 11.0 Å². The number of nitrogens with one attached hydrogen (secondary N) is 2. The van der Waals surface area contributed by atoms with Gasteiger partial charge in [-0.3, -0.25) is 14.6 Å². The highest BCUT2D eigenvalue weighted by atomic mass is 19.1. The van der Waals surface area contributed by atoms with Gasteiger partial charge in [0.2, 0.25) is 0 Å². The van der Waals surface area contributed by atoms with Crippen LogP contribution in [0.1, 0.15) is 90.1 Å². The van der Waals surface area contributed by atoms with Crippen LogP contribution in [0.25, 0.3) is 5.70 Å². The van der Waals surface area contributed by atoms with Crippen molar-refractivity contribution in [3.05, 3.63) is 71.9 Å². The fourth-order valence-electron chi connectivity index (χ4n) is 10.7. The molecule has 5 aliphatic rings. The van der Waals surface area contributed by atoms with Crippen molar-refractivity contribution in [1.82, 2.24) is 25.8 Å². The number of hydrogen-bond acceptors (Lipinski definition) is 16. The molecule has 4 N–H and O–H groups in total. The summed E-state index contributed by atoms with van der Waals surface area (Å²) < 4.78 is 54.6. The Balaban J connectivity index is 1.16. The van der Waals surface area contributed by atoms with E-state index in [0.29, 0.717) is 37.1 Å². The van der Waals surface area contributed by atoms with Crippen LogP contribution in [0.5, 0.6) is 0 Å². The summed E-state index contributed by atoms with van der Waals surface area (Å²) in [6.07, 6.45) is -2.46. The molecule has 4 aliphatic heterocycles. The van der Waals surface area contributed by atoms with Crippen LogP contribution >= 0.6 is 0 Å². The van der Waals surface area contributed by atoms with E-state index >= 15 is 4.39 Å². The van der Waals surface area contributed by atoms with Gasteiger partial charge in [0.05, 0.1) is 41.2 Å². The summed E-state index contributed by atoms with van der Waals surface area (Å²) in [4.78, 5) is 74.4. The van der Waals surface area contributed by atoms with Gasteiger partial charge in [0.1, 0.15) is 5.78 Å². The molecular formula is C49H67FN6O11. The number of nitrogens with zero attached hydrogens (tertiary/aromatic N) is 3. The van der Waals surface area contributed by atoms with Crippen LogP contribution < -0.4 is 16.7 Å². The summed E-state index contributed by atoms with van der Waals surface area (Å²) in [7, 11) is 5.08. The van der Waals surface area contributed by atoms with Gasteiger partial charge in [0.15, 0.2) is 29.9 Å². The Kier molecular flexibility index (Phi) is 14.5. The highest BCUT2D eigenvalue weighted by molar-refractivity contribution is 6.08. The number of ketones is 2.